The zero-order valence-electron chi connectivity index (χ0n) is 15.2. The second-order valence-electron chi connectivity index (χ2n) is 6.84. The molecule has 0 heterocycles. The summed E-state index contributed by atoms with van der Waals surface area (Å²) in [5.74, 6) is -0.757. The van der Waals surface area contributed by atoms with E-state index in [1.807, 2.05) is 0 Å². The average molecular weight is 422 g/mol. The minimum absolute atomic E-state index is 0.200. The molecule has 1 aliphatic rings. The Labute approximate surface area is 173 Å². The Morgan fingerprint density at radius 1 is 1.11 bits per heavy atom. The Balaban J connectivity index is 1.74. The van der Waals surface area contributed by atoms with Crippen molar-refractivity contribution in [3.63, 3.8) is 0 Å². The quantitative estimate of drug-likeness (QED) is 0.638. The number of carboxylic acid groups (broad SMARTS) is 1. The van der Waals surface area contributed by atoms with E-state index >= 15 is 0 Å². The van der Waals surface area contributed by atoms with Gasteiger partial charge in [-0.2, -0.15) is 0 Å². The molecule has 2 N–H and O–H groups in total. The van der Waals surface area contributed by atoms with Crippen LogP contribution in [0.25, 0.3) is 0 Å². The maximum absolute atomic E-state index is 12.6. The van der Waals surface area contributed by atoms with Crippen LogP contribution in [-0.4, -0.2) is 23.1 Å². The summed E-state index contributed by atoms with van der Waals surface area (Å²) in [5.41, 5.74) is 0.874. The fourth-order valence-corrected chi connectivity index (χ4v) is 3.69. The molecule has 0 bridgehead atoms. The number of benzene rings is 2. The second kappa shape index (κ2) is 9.30. The lowest BCUT2D eigenvalue weighted by molar-refractivity contribution is -0.137. The van der Waals surface area contributed by atoms with Crippen LogP contribution in [0.2, 0.25) is 10.0 Å². The summed E-state index contributed by atoms with van der Waals surface area (Å²) in [6, 6.07) is 11.0. The van der Waals surface area contributed by atoms with Crippen molar-refractivity contribution in [3.05, 3.63) is 63.6 Å². The highest BCUT2D eigenvalue weighted by molar-refractivity contribution is 6.35. The largest absolute Gasteiger partial charge is 0.490 e. The van der Waals surface area contributed by atoms with Gasteiger partial charge in [-0.3, -0.25) is 9.59 Å². The Morgan fingerprint density at radius 3 is 2.43 bits per heavy atom. The van der Waals surface area contributed by atoms with Gasteiger partial charge in [0.1, 0.15) is 5.75 Å². The van der Waals surface area contributed by atoms with Crippen molar-refractivity contribution in [1.29, 1.82) is 0 Å². The number of hydrogen-bond donors (Lipinski definition) is 2. The van der Waals surface area contributed by atoms with E-state index in [9.17, 15) is 14.7 Å². The molecule has 0 aliphatic heterocycles. The van der Waals surface area contributed by atoms with Crippen LogP contribution in [0.1, 0.15) is 54.1 Å². The lowest BCUT2D eigenvalue weighted by Gasteiger charge is -2.19. The van der Waals surface area contributed by atoms with E-state index in [0.717, 1.165) is 18.6 Å². The minimum Gasteiger partial charge on any atom is -0.490 e. The SMILES string of the molecule is O=C(O)CC(NC(=O)c1cc(Cl)ccc1Cl)c1ccc(OC2CCCC2)cc1. The molecule has 7 heteroatoms. The summed E-state index contributed by atoms with van der Waals surface area (Å²) in [6.45, 7) is 0. The highest BCUT2D eigenvalue weighted by Gasteiger charge is 2.21. The first-order valence-corrected chi connectivity index (χ1v) is 9.92. The number of halogens is 2. The summed E-state index contributed by atoms with van der Waals surface area (Å²) < 4.78 is 5.93. The van der Waals surface area contributed by atoms with E-state index in [-0.39, 0.29) is 23.1 Å². The van der Waals surface area contributed by atoms with Gasteiger partial charge in [0.05, 0.1) is 29.2 Å². The topological polar surface area (TPSA) is 75.6 Å². The molecule has 0 radical (unpaired) electrons. The van der Waals surface area contributed by atoms with E-state index in [1.165, 1.54) is 25.0 Å². The Kier molecular flexibility index (Phi) is 6.81. The maximum atomic E-state index is 12.6. The zero-order valence-corrected chi connectivity index (χ0v) is 16.7. The van der Waals surface area contributed by atoms with Gasteiger partial charge in [-0.1, -0.05) is 35.3 Å². The monoisotopic (exact) mass is 421 g/mol. The average Bonchev–Trinajstić information content (AvgIpc) is 3.16. The zero-order chi connectivity index (χ0) is 20.1. The lowest BCUT2D eigenvalue weighted by atomic mass is 10.0. The van der Waals surface area contributed by atoms with E-state index in [0.29, 0.717) is 10.6 Å². The van der Waals surface area contributed by atoms with E-state index < -0.39 is 17.9 Å². The van der Waals surface area contributed by atoms with Crippen LogP contribution in [0, 0.1) is 0 Å². The molecule has 5 nitrogen and oxygen atoms in total. The third-order valence-electron chi connectivity index (χ3n) is 4.74. The van der Waals surface area contributed by atoms with E-state index in [2.05, 4.69) is 5.32 Å². The van der Waals surface area contributed by atoms with Gasteiger partial charge < -0.3 is 15.2 Å². The third kappa shape index (κ3) is 5.40. The number of ether oxygens (including phenoxy) is 1. The molecule has 0 aromatic heterocycles. The van der Waals surface area contributed by atoms with Crippen molar-refractivity contribution in [2.24, 2.45) is 0 Å². The number of aliphatic carboxylic acids is 1. The predicted molar refractivity (Wildman–Crippen MR) is 108 cm³/mol. The van der Waals surface area contributed by atoms with Crippen LogP contribution in [0.15, 0.2) is 42.5 Å². The van der Waals surface area contributed by atoms with Crippen LogP contribution in [-0.2, 0) is 4.79 Å². The number of rotatable bonds is 7. The van der Waals surface area contributed by atoms with Gasteiger partial charge in [-0.25, -0.2) is 0 Å². The molecule has 2 aromatic rings. The standard InChI is InChI=1S/C21H21Cl2NO4/c22-14-7-10-18(23)17(11-14)21(27)24-19(12-20(25)26)13-5-8-16(9-6-13)28-15-3-1-2-4-15/h5-11,15,19H,1-4,12H2,(H,24,27)(H,25,26). The maximum Gasteiger partial charge on any atom is 0.305 e. The summed E-state index contributed by atoms with van der Waals surface area (Å²) in [4.78, 5) is 23.9. The van der Waals surface area contributed by atoms with Crippen LogP contribution in [0.4, 0.5) is 0 Å². The van der Waals surface area contributed by atoms with Gasteiger partial charge in [0.2, 0.25) is 0 Å². The Bertz CT molecular complexity index is 848. The minimum atomic E-state index is -1.02. The van der Waals surface area contributed by atoms with Gasteiger partial charge >= 0.3 is 5.97 Å². The first-order chi connectivity index (χ1) is 13.4. The molecule has 0 saturated heterocycles. The fourth-order valence-electron chi connectivity index (χ4n) is 3.31. The number of amides is 1. The van der Waals surface area contributed by atoms with Crippen molar-refractivity contribution in [1.82, 2.24) is 5.32 Å². The molecule has 2 aromatic carbocycles. The molecule has 1 unspecified atom stereocenters. The van der Waals surface area contributed by atoms with Crippen LogP contribution < -0.4 is 10.1 Å². The number of hydrogen-bond acceptors (Lipinski definition) is 3. The summed E-state index contributed by atoms with van der Waals surface area (Å²) >= 11 is 12.0. The number of nitrogens with one attached hydrogen (secondary N) is 1. The van der Waals surface area contributed by atoms with Crippen molar-refractivity contribution >= 4 is 35.1 Å². The predicted octanol–water partition coefficient (Wildman–Crippen LogP) is 5.26. The summed E-state index contributed by atoms with van der Waals surface area (Å²) in [5, 5.41) is 12.6. The van der Waals surface area contributed by atoms with Crippen molar-refractivity contribution in [2.75, 3.05) is 0 Å². The normalized spacial score (nSPS) is 15.2. The molecule has 0 spiro atoms. The first kappa shape index (κ1) is 20.5. The van der Waals surface area contributed by atoms with E-state index in [4.69, 9.17) is 27.9 Å². The van der Waals surface area contributed by atoms with Crippen LogP contribution in [0.3, 0.4) is 0 Å². The highest BCUT2D eigenvalue weighted by atomic mass is 35.5. The molecule has 1 atom stereocenters. The molecule has 28 heavy (non-hydrogen) atoms. The van der Waals surface area contributed by atoms with Gasteiger partial charge in [0.15, 0.2) is 0 Å². The summed E-state index contributed by atoms with van der Waals surface area (Å²) in [7, 11) is 0. The number of carbonyl (C=O) groups is 2. The second-order valence-corrected chi connectivity index (χ2v) is 7.69. The molecule has 1 amide bonds. The summed E-state index contributed by atoms with van der Waals surface area (Å²) in [6.07, 6.45) is 4.46. The lowest BCUT2D eigenvalue weighted by Crippen LogP contribution is -2.30. The number of carboxylic acids is 1. The van der Waals surface area contributed by atoms with E-state index in [1.54, 1.807) is 30.3 Å². The van der Waals surface area contributed by atoms with Gasteiger partial charge in [0.25, 0.3) is 5.91 Å². The molecule has 148 valence electrons. The van der Waals surface area contributed by atoms with Gasteiger partial charge in [0, 0.05) is 5.02 Å². The van der Waals surface area contributed by atoms with Crippen LogP contribution in [0.5, 0.6) is 5.75 Å². The molecular formula is C21H21Cl2NO4. The molecular weight excluding hydrogens is 401 g/mol. The van der Waals surface area contributed by atoms with Crippen molar-refractivity contribution in [3.8, 4) is 5.75 Å². The first-order valence-electron chi connectivity index (χ1n) is 9.16. The van der Waals surface area contributed by atoms with Crippen LogP contribution >= 0.6 is 23.2 Å². The molecule has 1 fully saturated rings. The van der Waals surface area contributed by atoms with Gasteiger partial charge in [-0.15, -0.1) is 0 Å². The number of carbonyl (C=O) groups excluding carboxylic acids is 1. The smallest absolute Gasteiger partial charge is 0.305 e. The van der Waals surface area contributed by atoms with Gasteiger partial charge in [-0.05, 0) is 61.6 Å². The fraction of sp³-hybridized carbons (Fsp3) is 0.333. The van der Waals surface area contributed by atoms with Crippen molar-refractivity contribution < 1.29 is 19.4 Å². The Hall–Kier alpha value is -2.24. The Morgan fingerprint density at radius 2 is 1.79 bits per heavy atom. The third-order valence-corrected chi connectivity index (χ3v) is 5.31. The molecule has 1 aliphatic carbocycles. The van der Waals surface area contributed by atoms with Crippen molar-refractivity contribution in [2.45, 2.75) is 44.2 Å². The molecule has 3 rings (SSSR count). The highest BCUT2D eigenvalue weighted by Crippen LogP contribution is 2.27. The molecule has 1 saturated carbocycles.